The number of hydrogen-bond acceptors (Lipinski definition) is 5. The second-order valence-electron chi connectivity index (χ2n) is 12.4. The van der Waals surface area contributed by atoms with Gasteiger partial charge in [0.05, 0.1) is 23.5 Å². The average Bonchev–Trinajstić information content (AvgIpc) is 3.31. The third-order valence-electron chi connectivity index (χ3n) is 8.22. The van der Waals surface area contributed by atoms with Crippen molar-refractivity contribution < 1.29 is 18.7 Å². The van der Waals surface area contributed by atoms with Crippen LogP contribution in [-0.2, 0) is 11.2 Å². The molecule has 0 radical (unpaired) electrons. The molecule has 1 unspecified atom stereocenters. The fourth-order valence-electron chi connectivity index (χ4n) is 5.97. The van der Waals surface area contributed by atoms with E-state index >= 15 is 0 Å². The normalized spacial score (nSPS) is 19.6. The number of rotatable bonds is 4. The van der Waals surface area contributed by atoms with Gasteiger partial charge in [0.15, 0.2) is 0 Å². The van der Waals surface area contributed by atoms with Gasteiger partial charge in [-0.25, -0.2) is 23.5 Å². The van der Waals surface area contributed by atoms with Crippen molar-refractivity contribution in [2.75, 3.05) is 24.5 Å². The summed E-state index contributed by atoms with van der Waals surface area (Å²) in [4.78, 5) is 51.1. The molecule has 2 atom stereocenters. The molecule has 9 nitrogen and oxygen atoms in total. The van der Waals surface area contributed by atoms with E-state index in [-0.39, 0.29) is 42.4 Å². The zero-order chi connectivity index (χ0) is 30.5. The molecule has 1 fully saturated rings. The Hall–Kier alpha value is -3.95. The number of carbonyl (C=O) groups excluding carboxylic acids is 2. The third kappa shape index (κ3) is 5.34. The Kier molecular flexibility index (Phi) is 7.76. The van der Waals surface area contributed by atoms with Crippen LogP contribution in [0.2, 0.25) is 0 Å². The number of aromatic nitrogens is 2. The van der Waals surface area contributed by atoms with Gasteiger partial charge in [0.1, 0.15) is 11.4 Å². The van der Waals surface area contributed by atoms with Crippen molar-refractivity contribution in [1.29, 1.82) is 0 Å². The average molecular weight is 578 g/mol. The first-order valence-corrected chi connectivity index (χ1v) is 14.7. The van der Waals surface area contributed by atoms with Crippen molar-refractivity contribution in [3.63, 3.8) is 0 Å². The predicted molar refractivity (Wildman–Crippen MR) is 160 cm³/mol. The molecule has 0 bridgehead atoms. The minimum atomic E-state index is -0.678. The molecule has 3 heterocycles. The number of benzene rings is 1. The summed E-state index contributed by atoms with van der Waals surface area (Å²) in [5, 5.41) is 0. The number of carbonyl (C=O) groups is 2. The van der Waals surface area contributed by atoms with Crippen molar-refractivity contribution in [1.82, 2.24) is 19.4 Å². The minimum Gasteiger partial charge on any atom is -0.444 e. The Morgan fingerprint density at radius 2 is 1.79 bits per heavy atom. The third-order valence-corrected chi connectivity index (χ3v) is 8.22. The molecule has 0 saturated carbocycles. The van der Waals surface area contributed by atoms with Crippen molar-refractivity contribution in [3.05, 3.63) is 74.5 Å². The van der Waals surface area contributed by atoms with Gasteiger partial charge in [-0.1, -0.05) is 18.2 Å². The largest absolute Gasteiger partial charge is 0.444 e. The smallest absolute Gasteiger partial charge is 0.410 e. The van der Waals surface area contributed by atoms with Gasteiger partial charge in [-0.2, -0.15) is 0 Å². The van der Waals surface area contributed by atoms with Gasteiger partial charge in [0.25, 0.3) is 5.56 Å². The highest BCUT2D eigenvalue weighted by atomic mass is 19.1. The lowest BCUT2D eigenvalue weighted by Crippen LogP contribution is -2.46. The summed E-state index contributed by atoms with van der Waals surface area (Å²) in [6.45, 7) is 13.6. The van der Waals surface area contributed by atoms with Crippen LogP contribution in [0.15, 0.2) is 40.7 Å². The van der Waals surface area contributed by atoms with Crippen molar-refractivity contribution in [2.45, 2.75) is 85.4 Å². The SMILES string of the molecule is Cc1cc(-n2c(N3CCN(C(C)C4=CCCC=C4)C3=O)nc3c(c2=O)CCN(C(=O)OC(C)(C)C)[C@H]3C)cc(C)c1F. The molecule has 3 amide bonds. The van der Waals surface area contributed by atoms with Gasteiger partial charge in [-0.15, -0.1) is 0 Å². The summed E-state index contributed by atoms with van der Waals surface area (Å²) in [6, 6.07) is 2.27. The minimum absolute atomic E-state index is 0.145. The van der Waals surface area contributed by atoms with Crippen molar-refractivity contribution in [3.8, 4) is 5.69 Å². The monoisotopic (exact) mass is 577 g/mol. The highest BCUT2D eigenvalue weighted by Gasteiger charge is 2.39. The van der Waals surface area contributed by atoms with E-state index in [1.54, 1.807) is 56.6 Å². The van der Waals surface area contributed by atoms with E-state index in [0.717, 1.165) is 18.4 Å². The molecule has 1 aromatic carbocycles. The molecule has 2 aromatic rings. The molecule has 3 aliphatic rings. The van der Waals surface area contributed by atoms with E-state index in [1.807, 2.05) is 13.8 Å². The molecular weight excluding hydrogens is 537 g/mol. The van der Waals surface area contributed by atoms with Gasteiger partial charge < -0.3 is 9.64 Å². The predicted octanol–water partition coefficient (Wildman–Crippen LogP) is 5.75. The van der Waals surface area contributed by atoms with Crippen LogP contribution in [0, 0.1) is 19.7 Å². The number of fused-ring (bicyclic) bond motifs is 1. The number of allylic oxidation sites excluding steroid dienone is 2. The maximum absolute atomic E-state index is 14.6. The van der Waals surface area contributed by atoms with Crippen LogP contribution < -0.4 is 10.5 Å². The van der Waals surface area contributed by atoms with Crippen molar-refractivity contribution in [2.24, 2.45) is 0 Å². The quantitative estimate of drug-likeness (QED) is 0.462. The lowest BCUT2D eigenvalue weighted by atomic mass is 10.00. The molecule has 0 spiro atoms. The van der Waals surface area contributed by atoms with Crippen LogP contribution in [0.3, 0.4) is 0 Å². The fourth-order valence-corrected chi connectivity index (χ4v) is 5.97. The maximum atomic E-state index is 14.6. The number of urea groups is 1. The lowest BCUT2D eigenvalue weighted by Gasteiger charge is -2.36. The number of halogens is 1. The Balaban J connectivity index is 1.62. The summed E-state index contributed by atoms with van der Waals surface area (Å²) in [5.74, 6) is -0.179. The number of hydrogen-bond donors (Lipinski definition) is 0. The Labute approximate surface area is 246 Å². The van der Waals surface area contributed by atoms with Gasteiger partial charge in [-0.05, 0) is 96.6 Å². The Morgan fingerprint density at radius 3 is 2.40 bits per heavy atom. The van der Waals surface area contributed by atoms with E-state index < -0.39 is 17.7 Å². The van der Waals surface area contributed by atoms with E-state index in [2.05, 4.69) is 18.2 Å². The highest BCUT2D eigenvalue weighted by molar-refractivity contribution is 5.93. The van der Waals surface area contributed by atoms with Gasteiger partial charge in [0, 0.05) is 25.2 Å². The zero-order valence-electron chi connectivity index (χ0n) is 25.5. The number of anilines is 1. The van der Waals surface area contributed by atoms with E-state index in [1.165, 1.54) is 9.47 Å². The van der Waals surface area contributed by atoms with Crippen LogP contribution in [0.4, 0.5) is 19.9 Å². The number of amides is 3. The summed E-state index contributed by atoms with van der Waals surface area (Å²) < 4.78 is 21.7. The molecule has 5 rings (SSSR count). The summed E-state index contributed by atoms with van der Waals surface area (Å²) in [7, 11) is 0. The molecule has 2 aliphatic heterocycles. The molecule has 10 heteroatoms. The molecular formula is C32H40FN5O4. The van der Waals surface area contributed by atoms with Crippen LogP contribution in [0.5, 0.6) is 0 Å². The number of aryl methyl sites for hydroxylation is 2. The molecule has 1 saturated heterocycles. The molecule has 42 heavy (non-hydrogen) atoms. The van der Waals surface area contributed by atoms with E-state index in [9.17, 15) is 18.8 Å². The Morgan fingerprint density at radius 1 is 1.10 bits per heavy atom. The summed E-state index contributed by atoms with van der Waals surface area (Å²) in [6.07, 6.45) is 8.05. The topological polar surface area (TPSA) is 88.0 Å². The summed E-state index contributed by atoms with van der Waals surface area (Å²) in [5.41, 5.74) is 2.22. The fraction of sp³-hybridized carbons (Fsp3) is 0.500. The van der Waals surface area contributed by atoms with Crippen LogP contribution in [-0.4, -0.2) is 62.8 Å². The van der Waals surface area contributed by atoms with E-state index in [4.69, 9.17) is 9.72 Å². The second kappa shape index (κ2) is 11.0. The van der Waals surface area contributed by atoms with Gasteiger partial charge in [-0.3, -0.25) is 14.6 Å². The maximum Gasteiger partial charge on any atom is 0.410 e. The first-order chi connectivity index (χ1) is 19.8. The lowest BCUT2D eigenvalue weighted by molar-refractivity contribution is 0.0154. The first-order valence-electron chi connectivity index (χ1n) is 14.7. The van der Waals surface area contributed by atoms with E-state index in [0.29, 0.717) is 41.2 Å². The highest BCUT2D eigenvalue weighted by Crippen LogP contribution is 2.33. The van der Waals surface area contributed by atoms with Crippen LogP contribution in [0.1, 0.15) is 75.9 Å². The van der Waals surface area contributed by atoms with Crippen LogP contribution in [0.25, 0.3) is 5.69 Å². The van der Waals surface area contributed by atoms with Crippen molar-refractivity contribution >= 4 is 18.1 Å². The number of nitrogens with zero attached hydrogens (tertiary/aromatic N) is 5. The molecule has 224 valence electrons. The van der Waals surface area contributed by atoms with Gasteiger partial charge in [0.2, 0.25) is 5.95 Å². The molecule has 1 aromatic heterocycles. The first kappa shape index (κ1) is 29.5. The zero-order valence-corrected chi connectivity index (χ0v) is 25.5. The molecule has 0 N–H and O–H groups in total. The summed E-state index contributed by atoms with van der Waals surface area (Å²) >= 11 is 0. The van der Waals surface area contributed by atoms with Crippen LogP contribution >= 0.6 is 0 Å². The number of ether oxygens (including phenoxy) is 1. The standard InChI is InChI=1S/C32H40FN5O4/c1-19-17-24(18-20(2)26(19)33)38-28(39)25-13-14-36(31(41)42-32(5,6)7)22(4)27(25)34-29(38)37-16-15-35(30(37)40)21(3)23-11-9-8-10-12-23/h9,11-12,17-18,21-22H,8,10,13-16H2,1-7H3/t21?,22-/m0/s1. The molecule has 1 aliphatic carbocycles. The van der Waals surface area contributed by atoms with Gasteiger partial charge >= 0.3 is 12.1 Å². The second-order valence-corrected chi connectivity index (χ2v) is 12.4. The Bertz CT molecular complexity index is 1530.